The van der Waals surface area contributed by atoms with Crippen molar-refractivity contribution in [2.45, 2.75) is 6.92 Å². The maximum absolute atomic E-state index is 11.4. The van der Waals surface area contributed by atoms with Gasteiger partial charge in [0.1, 0.15) is 10.7 Å². The number of allylic oxidation sites excluding steroid dienone is 1. The van der Waals surface area contributed by atoms with E-state index in [1.54, 1.807) is 17.6 Å². The van der Waals surface area contributed by atoms with Gasteiger partial charge in [0.15, 0.2) is 0 Å². The molecule has 126 valence electrons. The summed E-state index contributed by atoms with van der Waals surface area (Å²) >= 11 is 2.93. The number of nitrogens with zero attached hydrogens (tertiary/aromatic N) is 2. The van der Waals surface area contributed by atoms with Gasteiger partial charge in [-0.2, -0.15) is 5.10 Å². The summed E-state index contributed by atoms with van der Waals surface area (Å²) in [5.74, 6) is -0.123. The molecule has 1 aromatic carbocycles. The zero-order chi connectivity index (χ0) is 17.5. The van der Waals surface area contributed by atoms with Crippen molar-refractivity contribution in [3.05, 3.63) is 59.5 Å². The summed E-state index contributed by atoms with van der Waals surface area (Å²) in [6.07, 6.45) is 5.48. The Labute approximate surface area is 153 Å². The third-order valence-corrected chi connectivity index (χ3v) is 4.83. The Kier molecular flexibility index (Phi) is 5.71. The Morgan fingerprint density at radius 1 is 1.20 bits per heavy atom. The van der Waals surface area contributed by atoms with E-state index in [0.717, 1.165) is 16.1 Å². The van der Waals surface area contributed by atoms with Crippen molar-refractivity contribution in [2.75, 3.05) is 10.7 Å². The largest absolute Gasteiger partial charge is 0.316 e. The number of carbonyl (C=O) groups is 1. The van der Waals surface area contributed by atoms with Crippen LogP contribution < -0.4 is 10.7 Å². The van der Waals surface area contributed by atoms with Crippen molar-refractivity contribution in [2.24, 2.45) is 5.10 Å². The lowest BCUT2D eigenvalue weighted by Gasteiger charge is -1.99. The normalized spacial score (nSPS) is 11.2. The van der Waals surface area contributed by atoms with Crippen LogP contribution in [0.1, 0.15) is 12.5 Å². The van der Waals surface area contributed by atoms with E-state index in [1.165, 1.54) is 18.3 Å². The van der Waals surface area contributed by atoms with Gasteiger partial charge in [-0.05, 0) is 23.1 Å². The highest BCUT2D eigenvalue weighted by atomic mass is 32.1. The maximum Gasteiger partial charge on any atom is 0.221 e. The lowest BCUT2D eigenvalue weighted by atomic mass is 10.2. The molecule has 2 heterocycles. The van der Waals surface area contributed by atoms with Gasteiger partial charge in [-0.3, -0.25) is 10.2 Å². The average Bonchev–Trinajstić information content (AvgIpc) is 3.25. The lowest BCUT2D eigenvalue weighted by molar-refractivity contribution is -0.114. The maximum atomic E-state index is 11.4. The number of amides is 1. The van der Waals surface area contributed by atoms with E-state index in [-0.39, 0.29) is 5.91 Å². The first-order chi connectivity index (χ1) is 12.2. The molecule has 5 nitrogen and oxygen atoms in total. The van der Waals surface area contributed by atoms with Gasteiger partial charge in [0.05, 0.1) is 4.88 Å². The third kappa shape index (κ3) is 4.85. The number of hydrogen-bond acceptors (Lipinski definition) is 6. The minimum absolute atomic E-state index is 0.123. The van der Waals surface area contributed by atoms with Gasteiger partial charge < -0.3 is 5.32 Å². The summed E-state index contributed by atoms with van der Waals surface area (Å²) in [6, 6.07) is 13.9. The minimum atomic E-state index is -0.123. The molecule has 2 aromatic heterocycles. The minimum Gasteiger partial charge on any atom is -0.316 e. The monoisotopic (exact) mass is 368 g/mol. The van der Waals surface area contributed by atoms with Crippen molar-refractivity contribution in [3.63, 3.8) is 0 Å². The second kappa shape index (κ2) is 8.36. The number of rotatable bonds is 6. The Balaban J connectivity index is 1.69. The van der Waals surface area contributed by atoms with E-state index in [2.05, 4.69) is 20.8 Å². The van der Waals surface area contributed by atoms with Crippen LogP contribution in [0.25, 0.3) is 16.6 Å². The molecule has 3 aromatic rings. The lowest BCUT2D eigenvalue weighted by Crippen LogP contribution is -2.04. The second-order valence-electron chi connectivity index (χ2n) is 5.02. The Bertz CT molecular complexity index is 883. The molecule has 7 heteroatoms. The molecule has 0 saturated heterocycles. The van der Waals surface area contributed by atoms with Crippen LogP contribution in [-0.2, 0) is 4.79 Å². The Hall–Kier alpha value is -2.77. The number of carbonyl (C=O) groups excluding carboxylic acids is 1. The second-order valence-corrected chi connectivity index (χ2v) is 6.96. The van der Waals surface area contributed by atoms with Crippen molar-refractivity contribution in [1.82, 2.24) is 4.98 Å². The third-order valence-electron chi connectivity index (χ3n) is 3.08. The summed E-state index contributed by atoms with van der Waals surface area (Å²) in [7, 11) is 0. The molecule has 0 atom stereocenters. The summed E-state index contributed by atoms with van der Waals surface area (Å²) in [5, 5.41) is 10.3. The summed E-state index contributed by atoms with van der Waals surface area (Å²) in [6.45, 7) is 1.48. The van der Waals surface area contributed by atoms with E-state index in [9.17, 15) is 4.79 Å². The fourth-order valence-corrected chi connectivity index (χ4v) is 3.71. The highest BCUT2D eigenvalue weighted by molar-refractivity contribution is 7.21. The van der Waals surface area contributed by atoms with Crippen LogP contribution in [0.5, 0.6) is 0 Å². The highest BCUT2D eigenvalue weighted by Gasteiger charge is 2.14. The molecule has 0 aliphatic rings. The first-order valence-corrected chi connectivity index (χ1v) is 9.25. The topological polar surface area (TPSA) is 66.4 Å². The van der Waals surface area contributed by atoms with Crippen LogP contribution in [0, 0.1) is 0 Å². The molecular formula is C18H16N4OS2. The zero-order valence-corrected chi connectivity index (χ0v) is 15.1. The molecule has 0 unspecified atom stereocenters. The predicted molar refractivity (Wildman–Crippen MR) is 107 cm³/mol. The van der Waals surface area contributed by atoms with Gasteiger partial charge >= 0.3 is 0 Å². The first-order valence-electron chi connectivity index (χ1n) is 7.55. The Morgan fingerprint density at radius 2 is 2.04 bits per heavy atom. The Morgan fingerprint density at radius 3 is 2.76 bits per heavy atom. The first kappa shape index (κ1) is 17.1. The molecule has 2 N–H and O–H groups in total. The molecule has 1 amide bonds. The van der Waals surface area contributed by atoms with Crippen LogP contribution in [0.15, 0.2) is 59.0 Å². The number of aromatic nitrogens is 1. The van der Waals surface area contributed by atoms with E-state index >= 15 is 0 Å². The molecule has 25 heavy (non-hydrogen) atoms. The van der Waals surface area contributed by atoms with Crippen molar-refractivity contribution < 1.29 is 4.79 Å². The SMILES string of the molecule is CC(=O)Nc1sc(NN=CC=Cc2ccccc2)nc1-c1cccs1. The molecule has 0 saturated carbocycles. The number of hydrogen-bond donors (Lipinski definition) is 2. The molecular weight excluding hydrogens is 352 g/mol. The number of thiazole rings is 1. The molecule has 0 aliphatic heterocycles. The highest BCUT2D eigenvalue weighted by Crippen LogP contribution is 2.37. The van der Waals surface area contributed by atoms with Crippen molar-refractivity contribution in [1.29, 1.82) is 0 Å². The fourth-order valence-electron chi connectivity index (χ4n) is 2.05. The van der Waals surface area contributed by atoms with Crippen LogP contribution >= 0.6 is 22.7 Å². The molecule has 0 fully saturated rings. The van der Waals surface area contributed by atoms with Gasteiger partial charge in [0.25, 0.3) is 0 Å². The number of hydrazone groups is 1. The number of thiophene rings is 1. The number of anilines is 2. The molecule has 3 rings (SSSR count). The number of nitrogens with one attached hydrogen (secondary N) is 2. The van der Waals surface area contributed by atoms with Gasteiger partial charge in [-0.15, -0.1) is 11.3 Å². The van der Waals surface area contributed by atoms with Gasteiger partial charge in [-0.25, -0.2) is 4.98 Å². The summed E-state index contributed by atoms with van der Waals surface area (Å²) < 4.78 is 0. The molecule has 0 aliphatic carbocycles. The van der Waals surface area contributed by atoms with E-state index in [1.807, 2.05) is 60.0 Å². The van der Waals surface area contributed by atoms with Crippen LogP contribution in [0.3, 0.4) is 0 Å². The van der Waals surface area contributed by atoms with Crippen LogP contribution in [-0.4, -0.2) is 17.1 Å². The van der Waals surface area contributed by atoms with Gasteiger partial charge in [0.2, 0.25) is 11.0 Å². The molecule has 0 spiro atoms. The smallest absolute Gasteiger partial charge is 0.221 e. The van der Waals surface area contributed by atoms with E-state index in [0.29, 0.717) is 10.1 Å². The standard InChI is InChI=1S/C18H16N4OS2/c1-13(23)20-17-16(15-10-6-12-24-15)21-18(25-17)22-19-11-5-9-14-7-3-2-4-8-14/h2-12H,1H3,(H,20,23)(H,21,22). The summed E-state index contributed by atoms with van der Waals surface area (Å²) in [4.78, 5) is 16.9. The van der Waals surface area contributed by atoms with Gasteiger partial charge in [-0.1, -0.05) is 53.8 Å². The number of benzene rings is 1. The molecule has 0 bridgehead atoms. The fraction of sp³-hybridized carbons (Fsp3) is 0.0556. The average molecular weight is 368 g/mol. The van der Waals surface area contributed by atoms with Crippen molar-refractivity contribution in [3.8, 4) is 10.6 Å². The van der Waals surface area contributed by atoms with Crippen molar-refractivity contribution >= 4 is 51.0 Å². The van der Waals surface area contributed by atoms with Gasteiger partial charge in [0, 0.05) is 13.1 Å². The summed E-state index contributed by atoms with van der Waals surface area (Å²) in [5.41, 5.74) is 4.77. The van der Waals surface area contributed by atoms with Crippen LogP contribution in [0.2, 0.25) is 0 Å². The van der Waals surface area contributed by atoms with E-state index < -0.39 is 0 Å². The van der Waals surface area contributed by atoms with E-state index in [4.69, 9.17) is 0 Å². The van der Waals surface area contributed by atoms with Crippen LogP contribution in [0.4, 0.5) is 10.1 Å². The molecule has 0 radical (unpaired) electrons. The quantitative estimate of drug-likeness (QED) is 0.478. The predicted octanol–water partition coefficient (Wildman–Crippen LogP) is 4.94. The zero-order valence-electron chi connectivity index (χ0n) is 13.5.